The first-order valence-corrected chi connectivity index (χ1v) is 7.02. The minimum absolute atomic E-state index is 0.252. The Labute approximate surface area is 116 Å². The lowest BCUT2D eigenvalue weighted by molar-refractivity contribution is 0.626. The molecule has 0 spiro atoms. The molecule has 0 aliphatic rings. The number of nitriles is 1. The molecule has 2 rings (SSSR count). The van der Waals surface area contributed by atoms with E-state index in [-0.39, 0.29) is 5.82 Å². The third-order valence-corrected chi connectivity index (χ3v) is 3.51. The quantitative estimate of drug-likeness (QED) is 0.853. The number of thioether (sulfide) groups is 1. The zero-order valence-electron chi connectivity index (χ0n) is 10.5. The van der Waals surface area contributed by atoms with Crippen molar-refractivity contribution in [3.8, 4) is 6.07 Å². The Morgan fingerprint density at radius 2 is 2.05 bits per heavy atom. The fourth-order valence-corrected chi connectivity index (χ4v) is 2.38. The summed E-state index contributed by atoms with van der Waals surface area (Å²) in [5.41, 5.74) is 2.25. The summed E-state index contributed by atoms with van der Waals surface area (Å²) in [5.74, 6) is -0.252. The molecule has 0 aliphatic carbocycles. The van der Waals surface area contributed by atoms with Crippen LogP contribution >= 0.6 is 11.8 Å². The monoisotopic (exact) mass is 272 g/mol. The van der Waals surface area contributed by atoms with Crippen molar-refractivity contribution in [3.05, 3.63) is 59.4 Å². The van der Waals surface area contributed by atoms with Gasteiger partial charge in [-0.15, -0.1) is 11.8 Å². The second-order valence-electron chi connectivity index (χ2n) is 3.98. The highest BCUT2D eigenvalue weighted by Gasteiger charge is 2.06. The van der Waals surface area contributed by atoms with Crippen LogP contribution in [0.5, 0.6) is 0 Å². The second-order valence-corrected chi connectivity index (χ2v) is 4.83. The van der Waals surface area contributed by atoms with Crippen molar-refractivity contribution >= 4 is 17.4 Å². The standard InChI is InChI=1S/C15H13FN2S/c1-19-15-7-3-6-14(13(15)9-17)18-10-11-4-2-5-12(16)8-11/h2-8,18H,10H2,1H3. The summed E-state index contributed by atoms with van der Waals surface area (Å²) >= 11 is 1.54. The van der Waals surface area contributed by atoms with Crippen LogP contribution in [0.15, 0.2) is 47.4 Å². The van der Waals surface area contributed by atoms with Gasteiger partial charge >= 0.3 is 0 Å². The number of rotatable bonds is 4. The summed E-state index contributed by atoms with van der Waals surface area (Å²) in [5, 5.41) is 12.4. The fraction of sp³-hybridized carbons (Fsp3) is 0.133. The molecule has 0 saturated heterocycles. The lowest BCUT2D eigenvalue weighted by Gasteiger charge is -2.10. The highest BCUT2D eigenvalue weighted by Crippen LogP contribution is 2.26. The molecule has 0 atom stereocenters. The Morgan fingerprint density at radius 3 is 2.74 bits per heavy atom. The van der Waals surface area contributed by atoms with E-state index in [0.717, 1.165) is 16.1 Å². The smallest absolute Gasteiger partial charge is 0.123 e. The molecule has 1 N–H and O–H groups in total. The first-order chi connectivity index (χ1) is 9.24. The number of nitrogens with one attached hydrogen (secondary N) is 1. The van der Waals surface area contributed by atoms with Gasteiger partial charge in [-0.1, -0.05) is 18.2 Å². The van der Waals surface area contributed by atoms with Crippen molar-refractivity contribution < 1.29 is 4.39 Å². The number of hydrogen-bond acceptors (Lipinski definition) is 3. The summed E-state index contributed by atoms with van der Waals surface area (Å²) in [6.45, 7) is 0.490. The van der Waals surface area contributed by atoms with Crippen LogP contribution in [0.1, 0.15) is 11.1 Å². The lowest BCUT2D eigenvalue weighted by atomic mass is 10.1. The molecule has 2 aromatic rings. The van der Waals surface area contributed by atoms with E-state index < -0.39 is 0 Å². The number of benzene rings is 2. The molecule has 0 aromatic heterocycles. The molecular formula is C15H13FN2S. The van der Waals surface area contributed by atoms with Gasteiger partial charge in [0.05, 0.1) is 11.3 Å². The lowest BCUT2D eigenvalue weighted by Crippen LogP contribution is -2.02. The Balaban J connectivity index is 2.18. The second kappa shape index (κ2) is 6.26. The van der Waals surface area contributed by atoms with Crippen LogP contribution < -0.4 is 5.32 Å². The molecule has 2 aromatic carbocycles. The van der Waals surface area contributed by atoms with E-state index in [1.54, 1.807) is 6.07 Å². The largest absolute Gasteiger partial charge is 0.380 e. The van der Waals surface area contributed by atoms with Crippen molar-refractivity contribution in [1.82, 2.24) is 0 Å². The highest BCUT2D eigenvalue weighted by atomic mass is 32.2. The van der Waals surface area contributed by atoms with Crippen LogP contribution in [0.4, 0.5) is 10.1 Å². The zero-order valence-corrected chi connectivity index (χ0v) is 11.3. The van der Waals surface area contributed by atoms with Crippen molar-refractivity contribution in [3.63, 3.8) is 0 Å². The molecule has 0 amide bonds. The van der Waals surface area contributed by atoms with Gasteiger partial charge in [0.15, 0.2) is 0 Å². The minimum Gasteiger partial charge on any atom is -0.380 e. The van der Waals surface area contributed by atoms with Gasteiger partial charge in [-0.3, -0.25) is 0 Å². The highest BCUT2D eigenvalue weighted by molar-refractivity contribution is 7.98. The third kappa shape index (κ3) is 3.27. The summed E-state index contributed by atoms with van der Waals surface area (Å²) in [7, 11) is 0. The van der Waals surface area contributed by atoms with E-state index in [1.165, 1.54) is 23.9 Å². The van der Waals surface area contributed by atoms with Crippen LogP contribution in [0.3, 0.4) is 0 Å². The Morgan fingerprint density at radius 1 is 1.26 bits per heavy atom. The van der Waals surface area contributed by atoms with E-state index in [0.29, 0.717) is 12.1 Å². The molecule has 0 bridgehead atoms. The maximum Gasteiger partial charge on any atom is 0.123 e. The molecule has 96 valence electrons. The van der Waals surface area contributed by atoms with Crippen LogP contribution in [0.25, 0.3) is 0 Å². The summed E-state index contributed by atoms with van der Waals surface area (Å²) < 4.78 is 13.1. The minimum atomic E-state index is -0.252. The van der Waals surface area contributed by atoms with Crippen LogP contribution in [0.2, 0.25) is 0 Å². The van der Waals surface area contributed by atoms with Crippen LogP contribution in [-0.2, 0) is 6.54 Å². The maximum atomic E-state index is 13.1. The average Bonchev–Trinajstić information content (AvgIpc) is 2.44. The van der Waals surface area contributed by atoms with Gasteiger partial charge in [-0.05, 0) is 36.1 Å². The van der Waals surface area contributed by atoms with Crippen molar-refractivity contribution in [2.45, 2.75) is 11.4 Å². The topological polar surface area (TPSA) is 35.8 Å². The van der Waals surface area contributed by atoms with Crippen molar-refractivity contribution in [1.29, 1.82) is 5.26 Å². The zero-order chi connectivity index (χ0) is 13.7. The van der Waals surface area contributed by atoms with Gasteiger partial charge in [0, 0.05) is 11.4 Å². The number of halogens is 1. The van der Waals surface area contributed by atoms with Crippen molar-refractivity contribution in [2.24, 2.45) is 0 Å². The summed E-state index contributed by atoms with van der Waals surface area (Å²) in [6.07, 6.45) is 1.94. The number of anilines is 1. The fourth-order valence-electron chi connectivity index (χ4n) is 1.81. The van der Waals surface area contributed by atoms with E-state index in [9.17, 15) is 9.65 Å². The SMILES string of the molecule is CSc1cccc(NCc2cccc(F)c2)c1C#N. The predicted molar refractivity (Wildman–Crippen MR) is 76.7 cm³/mol. The first-order valence-electron chi connectivity index (χ1n) is 5.80. The molecule has 2 nitrogen and oxygen atoms in total. The Kier molecular flexibility index (Phi) is 4.43. The average molecular weight is 272 g/mol. The van der Waals surface area contributed by atoms with E-state index in [4.69, 9.17) is 0 Å². The van der Waals surface area contributed by atoms with Gasteiger partial charge in [0.25, 0.3) is 0 Å². The van der Waals surface area contributed by atoms with Gasteiger partial charge < -0.3 is 5.32 Å². The van der Waals surface area contributed by atoms with Crippen molar-refractivity contribution in [2.75, 3.05) is 11.6 Å². The molecule has 0 radical (unpaired) electrons. The predicted octanol–water partition coefficient (Wildman–Crippen LogP) is 4.03. The number of nitrogens with zero attached hydrogens (tertiary/aromatic N) is 1. The van der Waals surface area contributed by atoms with E-state index >= 15 is 0 Å². The summed E-state index contributed by atoms with van der Waals surface area (Å²) in [4.78, 5) is 0.937. The molecule has 0 unspecified atom stereocenters. The van der Waals surface area contributed by atoms with Gasteiger partial charge in [0.1, 0.15) is 11.9 Å². The molecule has 4 heteroatoms. The molecular weight excluding hydrogens is 259 g/mol. The number of hydrogen-bond donors (Lipinski definition) is 1. The van der Waals surface area contributed by atoms with E-state index in [2.05, 4.69) is 11.4 Å². The molecule has 0 heterocycles. The normalized spacial score (nSPS) is 9.95. The summed E-state index contributed by atoms with van der Waals surface area (Å²) in [6, 6.07) is 14.3. The Bertz CT molecular complexity index is 620. The first kappa shape index (κ1) is 13.4. The van der Waals surface area contributed by atoms with Gasteiger partial charge in [-0.25, -0.2) is 4.39 Å². The van der Waals surface area contributed by atoms with Gasteiger partial charge in [0.2, 0.25) is 0 Å². The molecule has 0 saturated carbocycles. The molecule has 0 aliphatic heterocycles. The van der Waals surface area contributed by atoms with Gasteiger partial charge in [-0.2, -0.15) is 5.26 Å². The maximum absolute atomic E-state index is 13.1. The van der Waals surface area contributed by atoms with Crippen LogP contribution in [0, 0.1) is 17.1 Å². The van der Waals surface area contributed by atoms with Crippen LogP contribution in [-0.4, -0.2) is 6.26 Å². The molecule has 19 heavy (non-hydrogen) atoms. The van der Waals surface area contributed by atoms with E-state index in [1.807, 2.05) is 30.5 Å². The molecule has 0 fully saturated rings. The Hall–Kier alpha value is -1.99. The third-order valence-electron chi connectivity index (χ3n) is 2.73.